The van der Waals surface area contributed by atoms with Crippen LogP contribution in [0.1, 0.15) is 33.0 Å². The minimum Gasteiger partial charge on any atom is -0.488 e. The molecule has 0 atom stereocenters. The Kier molecular flexibility index (Phi) is 4.10. The predicted molar refractivity (Wildman–Crippen MR) is 75.3 cm³/mol. The molecule has 0 radical (unpaired) electrons. The van der Waals surface area contributed by atoms with Gasteiger partial charge in [0.1, 0.15) is 18.1 Å². The van der Waals surface area contributed by atoms with Crippen LogP contribution in [0.25, 0.3) is 0 Å². The van der Waals surface area contributed by atoms with Gasteiger partial charge in [0.15, 0.2) is 5.76 Å². The highest BCUT2D eigenvalue weighted by Crippen LogP contribution is 2.22. The van der Waals surface area contributed by atoms with Gasteiger partial charge in [0, 0.05) is 5.56 Å². The maximum atomic E-state index is 11.4. The number of hydrogen-bond acceptors (Lipinski definition) is 4. The van der Waals surface area contributed by atoms with Gasteiger partial charge >= 0.3 is 5.91 Å². The number of ether oxygens (including phenoxy) is 1. The number of aryl methyl sites for hydroxylation is 3. The Labute approximate surface area is 117 Å². The molecular formula is C15H18N2O3. The van der Waals surface area contributed by atoms with Gasteiger partial charge < -0.3 is 9.15 Å². The zero-order chi connectivity index (χ0) is 14.7. The lowest BCUT2D eigenvalue weighted by Crippen LogP contribution is -2.29. The summed E-state index contributed by atoms with van der Waals surface area (Å²) in [5.41, 5.74) is 5.07. The molecule has 20 heavy (non-hydrogen) atoms. The van der Waals surface area contributed by atoms with Gasteiger partial charge in [-0.2, -0.15) is 0 Å². The molecule has 1 aromatic heterocycles. The summed E-state index contributed by atoms with van der Waals surface area (Å²) in [5.74, 6) is 6.28. The minimum absolute atomic E-state index is 0.185. The highest BCUT2D eigenvalue weighted by Gasteiger charge is 2.14. The number of benzene rings is 1. The number of hydrazine groups is 1. The van der Waals surface area contributed by atoms with Crippen molar-refractivity contribution >= 4 is 5.91 Å². The number of nitrogen functional groups attached to an aromatic ring is 1. The number of nitrogens with one attached hydrogen (secondary N) is 1. The van der Waals surface area contributed by atoms with Crippen LogP contribution in [0.2, 0.25) is 0 Å². The maximum Gasteiger partial charge on any atom is 0.300 e. The average Bonchev–Trinajstić information content (AvgIpc) is 2.80. The lowest BCUT2D eigenvalue weighted by atomic mass is 10.1. The zero-order valence-corrected chi connectivity index (χ0v) is 11.8. The molecule has 106 valence electrons. The quantitative estimate of drug-likeness (QED) is 0.510. The van der Waals surface area contributed by atoms with Crippen molar-refractivity contribution in [2.75, 3.05) is 0 Å². The van der Waals surface area contributed by atoms with Gasteiger partial charge in [0.25, 0.3) is 0 Å². The monoisotopic (exact) mass is 274 g/mol. The molecule has 0 aliphatic heterocycles. The smallest absolute Gasteiger partial charge is 0.300 e. The molecule has 0 spiro atoms. The summed E-state index contributed by atoms with van der Waals surface area (Å²) < 4.78 is 11.1. The van der Waals surface area contributed by atoms with E-state index in [1.54, 1.807) is 13.0 Å². The summed E-state index contributed by atoms with van der Waals surface area (Å²) in [5, 5.41) is 0. The highest BCUT2D eigenvalue weighted by molar-refractivity contribution is 5.91. The number of hydrogen-bond donors (Lipinski definition) is 2. The summed E-state index contributed by atoms with van der Waals surface area (Å²) in [6, 6.07) is 7.68. The molecule has 2 aromatic rings. The van der Waals surface area contributed by atoms with Crippen LogP contribution in [0.4, 0.5) is 0 Å². The van der Waals surface area contributed by atoms with Crippen LogP contribution in [0.5, 0.6) is 5.75 Å². The van der Waals surface area contributed by atoms with Gasteiger partial charge in [-0.05, 0) is 44.0 Å². The molecular weight excluding hydrogens is 256 g/mol. The van der Waals surface area contributed by atoms with Crippen molar-refractivity contribution in [3.05, 3.63) is 52.5 Å². The van der Waals surface area contributed by atoms with E-state index in [0.29, 0.717) is 12.4 Å². The topological polar surface area (TPSA) is 77.5 Å². The number of furan rings is 1. The number of carbonyl (C=O) groups excluding carboxylic acids is 1. The van der Waals surface area contributed by atoms with Crippen molar-refractivity contribution in [1.82, 2.24) is 5.43 Å². The molecule has 0 saturated carbocycles. The Hall–Kier alpha value is -2.27. The van der Waals surface area contributed by atoms with Gasteiger partial charge in [0.2, 0.25) is 0 Å². The van der Waals surface area contributed by atoms with Crippen molar-refractivity contribution in [1.29, 1.82) is 0 Å². The van der Waals surface area contributed by atoms with E-state index in [0.717, 1.165) is 22.4 Å². The highest BCUT2D eigenvalue weighted by atomic mass is 16.5. The summed E-state index contributed by atoms with van der Waals surface area (Å²) in [4.78, 5) is 11.4. The molecule has 0 fully saturated rings. The van der Waals surface area contributed by atoms with Gasteiger partial charge in [-0.15, -0.1) is 0 Å². The Morgan fingerprint density at radius 2 is 2.05 bits per heavy atom. The second-order valence-corrected chi connectivity index (χ2v) is 4.72. The normalized spacial score (nSPS) is 10.4. The van der Waals surface area contributed by atoms with Gasteiger partial charge in [-0.1, -0.05) is 12.1 Å². The van der Waals surface area contributed by atoms with Crippen LogP contribution >= 0.6 is 0 Å². The largest absolute Gasteiger partial charge is 0.488 e. The van der Waals surface area contributed by atoms with Crippen LogP contribution < -0.4 is 16.0 Å². The molecule has 2 rings (SSSR count). The minimum atomic E-state index is -0.453. The van der Waals surface area contributed by atoms with Crippen LogP contribution in [0.15, 0.2) is 28.7 Å². The molecule has 1 aromatic carbocycles. The van der Waals surface area contributed by atoms with Crippen molar-refractivity contribution in [2.24, 2.45) is 5.84 Å². The summed E-state index contributed by atoms with van der Waals surface area (Å²) >= 11 is 0. The molecule has 1 heterocycles. The standard InChI is InChI=1S/C15H18N2O3/c1-9-4-5-10(2)13(6-9)19-8-12-7-14(15(18)17-16)20-11(12)3/h4-7H,8,16H2,1-3H3,(H,17,18). The van der Waals surface area contributed by atoms with Crippen LogP contribution in [-0.4, -0.2) is 5.91 Å². The van der Waals surface area contributed by atoms with Crippen molar-refractivity contribution < 1.29 is 13.9 Å². The molecule has 1 amide bonds. The molecule has 5 heteroatoms. The second-order valence-electron chi connectivity index (χ2n) is 4.72. The number of carbonyl (C=O) groups is 1. The van der Waals surface area contributed by atoms with E-state index >= 15 is 0 Å². The van der Waals surface area contributed by atoms with E-state index in [1.165, 1.54) is 0 Å². The van der Waals surface area contributed by atoms with Crippen molar-refractivity contribution in [3.8, 4) is 5.75 Å². The average molecular weight is 274 g/mol. The number of nitrogens with two attached hydrogens (primary N) is 1. The third-order valence-electron chi connectivity index (χ3n) is 3.10. The molecule has 5 nitrogen and oxygen atoms in total. The first-order valence-electron chi connectivity index (χ1n) is 6.31. The maximum absolute atomic E-state index is 11.4. The van der Waals surface area contributed by atoms with Crippen LogP contribution in [0.3, 0.4) is 0 Å². The van der Waals surface area contributed by atoms with Crippen LogP contribution in [0, 0.1) is 20.8 Å². The lowest BCUT2D eigenvalue weighted by Gasteiger charge is -2.09. The first-order chi connectivity index (χ1) is 9.51. The first kappa shape index (κ1) is 14.1. The van der Waals surface area contributed by atoms with Crippen molar-refractivity contribution in [3.63, 3.8) is 0 Å². The summed E-state index contributed by atoms with van der Waals surface area (Å²) in [7, 11) is 0. The molecule has 0 unspecified atom stereocenters. The van der Waals surface area contributed by atoms with Crippen molar-refractivity contribution in [2.45, 2.75) is 27.4 Å². The fourth-order valence-corrected chi connectivity index (χ4v) is 1.86. The lowest BCUT2D eigenvalue weighted by molar-refractivity contribution is 0.0924. The van der Waals surface area contributed by atoms with E-state index in [-0.39, 0.29) is 5.76 Å². The Morgan fingerprint density at radius 3 is 2.75 bits per heavy atom. The Morgan fingerprint density at radius 1 is 1.30 bits per heavy atom. The third kappa shape index (κ3) is 3.00. The van der Waals surface area contributed by atoms with Crippen LogP contribution in [-0.2, 0) is 6.61 Å². The summed E-state index contributed by atoms with van der Waals surface area (Å²) in [6.07, 6.45) is 0. The number of rotatable bonds is 4. The number of amides is 1. The second kappa shape index (κ2) is 5.79. The Bertz CT molecular complexity index is 632. The first-order valence-corrected chi connectivity index (χ1v) is 6.31. The van der Waals surface area contributed by atoms with E-state index in [1.807, 2.05) is 37.5 Å². The van der Waals surface area contributed by atoms with E-state index in [2.05, 4.69) is 0 Å². The van der Waals surface area contributed by atoms with Gasteiger partial charge in [-0.25, -0.2) is 5.84 Å². The zero-order valence-electron chi connectivity index (χ0n) is 11.8. The molecule has 0 saturated heterocycles. The molecule has 0 bridgehead atoms. The molecule has 0 aliphatic carbocycles. The predicted octanol–water partition coefficient (Wildman–Crippen LogP) is 2.39. The summed E-state index contributed by atoms with van der Waals surface area (Å²) in [6.45, 7) is 6.13. The fourth-order valence-electron chi connectivity index (χ4n) is 1.86. The van der Waals surface area contributed by atoms with E-state index < -0.39 is 5.91 Å². The third-order valence-corrected chi connectivity index (χ3v) is 3.10. The van der Waals surface area contributed by atoms with E-state index in [4.69, 9.17) is 15.0 Å². The molecule has 3 N–H and O–H groups in total. The van der Waals surface area contributed by atoms with Gasteiger partial charge in [-0.3, -0.25) is 10.2 Å². The fraction of sp³-hybridized carbons (Fsp3) is 0.267. The van der Waals surface area contributed by atoms with E-state index in [9.17, 15) is 4.79 Å². The van der Waals surface area contributed by atoms with Gasteiger partial charge in [0.05, 0.1) is 0 Å². The Balaban J connectivity index is 2.13. The SMILES string of the molecule is Cc1ccc(C)c(OCc2cc(C(=O)NN)oc2C)c1. The molecule has 0 aliphatic rings.